The van der Waals surface area contributed by atoms with Crippen LogP contribution in [0.2, 0.25) is 5.02 Å². The van der Waals surface area contributed by atoms with Gasteiger partial charge in [-0.1, -0.05) is 37.6 Å². The smallest absolute Gasteiger partial charge is 0.290 e. The normalized spacial score (nSPS) is 15.9. The number of carbonyl (C=O) groups excluding carboxylic acids is 1. The van der Waals surface area contributed by atoms with E-state index in [0.29, 0.717) is 28.1 Å². The average molecular weight is 439 g/mol. The second-order valence-corrected chi connectivity index (χ2v) is 8.53. The standard InChI is InChI=1S/C25H27ClN2O3/c1-5-27(6-2)10-11-28-22(17-8-7-9-18(26)14-17)21-23(29)19-12-15(3)16(4)13-20(19)31-24(21)25(28)30/h7-9,12-14,22H,5-6,10-11H2,1-4H3. The zero-order valence-corrected chi connectivity index (χ0v) is 19.1. The average Bonchev–Trinajstić information content (AvgIpc) is 3.03. The molecule has 162 valence electrons. The van der Waals surface area contributed by atoms with Gasteiger partial charge in [-0.25, -0.2) is 0 Å². The summed E-state index contributed by atoms with van der Waals surface area (Å²) in [4.78, 5) is 31.1. The lowest BCUT2D eigenvalue weighted by molar-refractivity contribution is 0.0708. The van der Waals surface area contributed by atoms with Gasteiger partial charge in [-0.2, -0.15) is 0 Å². The second-order valence-electron chi connectivity index (χ2n) is 8.09. The van der Waals surface area contributed by atoms with Crippen LogP contribution in [-0.4, -0.2) is 41.9 Å². The van der Waals surface area contributed by atoms with E-state index in [2.05, 4.69) is 18.7 Å². The molecule has 0 saturated carbocycles. The van der Waals surface area contributed by atoms with Gasteiger partial charge in [0, 0.05) is 18.1 Å². The molecule has 1 atom stereocenters. The second kappa shape index (κ2) is 8.48. The molecule has 2 aromatic carbocycles. The summed E-state index contributed by atoms with van der Waals surface area (Å²) in [6, 6.07) is 10.5. The maximum absolute atomic E-state index is 13.6. The van der Waals surface area contributed by atoms with Gasteiger partial charge in [0.2, 0.25) is 5.76 Å². The highest BCUT2D eigenvalue weighted by atomic mass is 35.5. The summed E-state index contributed by atoms with van der Waals surface area (Å²) >= 11 is 6.27. The van der Waals surface area contributed by atoms with Gasteiger partial charge in [0.1, 0.15) is 5.58 Å². The molecule has 3 aromatic rings. The van der Waals surface area contributed by atoms with Gasteiger partial charge < -0.3 is 14.2 Å². The van der Waals surface area contributed by atoms with Crippen LogP contribution in [0.1, 0.15) is 52.7 Å². The molecule has 0 saturated heterocycles. The van der Waals surface area contributed by atoms with E-state index >= 15 is 0 Å². The highest BCUT2D eigenvalue weighted by molar-refractivity contribution is 6.30. The Morgan fingerprint density at radius 1 is 1.06 bits per heavy atom. The van der Waals surface area contributed by atoms with E-state index in [1.807, 2.05) is 44.2 Å². The number of fused-ring (bicyclic) bond motifs is 2. The Morgan fingerprint density at radius 2 is 1.77 bits per heavy atom. The molecule has 6 heteroatoms. The van der Waals surface area contributed by atoms with Crippen LogP contribution in [0.5, 0.6) is 0 Å². The third-order valence-corrected chi connectivity index (χ3v) is 6.53. The van der Waals surface area contributed by atoms with Gasteiger partial charge in [-0.15, -0.1) is 0 Å². The largest absolute Gasteiger partial charge is 0.450 e. The Balaban J connectivity index is 1.90. The van der Waals surface area contributed by atoms with Crippen molar-refractivity contribution in [1.29, 1.82) is 0 Å². The van der Waals surface area contributed by atoms with Crippen LogP contribution < -0.4 is 5.43 Å². The molecule has 1 aliphatic rings. The number of amides is 1. The number of hydrogen-bond donors (Lipinski definition) is 0. The van der Waals surface area contributed by atoms with Crippen LogP contribution >= 0.6 is 11.6 Å². The zero-order chi connectivity index (χ0) is 22.3. The molecule has 1 amide bonds. The Kier molecular flexibility index (Phi) is 5.91. The summed E-state index contributed by atoms with van der Waals surface area (Å²) < 4.78 is 6.07. The van der Waals surface area contributed by atoms with Gasteiger partial charge in [0.15, 0.2) is 5.43 Å². The van der Waals surface area contributed by atoms with Gasteiger partial charge >= 0.3 is 0 Å². The summed E-state index contributed by atoms with van der Waals surface area (Å²) in [5.41, 5.74) is 3.56. The Bertz CT molecular complexity index is 1210. The minimum absolute atomic E-state index is 0.144. The SMILES string of the molecule is CCN(CC)CCN1C(=O)c2oc3cc(C)c(C)cc3c(=O)c2C1c1cccc(Cl)c1. The van der Waals surface area contributed by atoms with Crippen LogP contribution in [0, 0.1) is 13.8 Å². The lowest BCUT2D eigenvalue weighted by atomic mass is 9.97. The number of benzene rings is 2. The molecule has 1 unspecified atom stereocenters. The van der Waals surface area contributed by atoms with E-state index < -0.39 is 6.04 Å². The van der Waals surface area contributed by atoms with Crippen LogP contribution in [0.25, 0.3) is 11.0 Å². The third kappa shape index (κ3) is 3.77. The summed E-state index contributed by atoms with van der Waals surface area (Å²) in [5.74, 6) is -0.102. The summed E-state index contributed by atoms with van der Waals surface area (Å²) in [6.07, 6.45) is 0. The van der Waals surface area contributed by atoms with Crippen molar-refractivity contribution in [3.63, 3.8) is 0 Å². The van der Waals surface area contributed by atoms with E-state index in [-0.39, 0.29) is 17.1 Å². The molecule has 0 spiro atoms. The van der Waals surface area contributed by atoms with Crippen LogP contribution in [-0.2, 0) is 0 Å². The summed E-state index contributed by atoms with van der Waals surface area (Å²) in [6.45, 7) is 11.1. The fourth-order valence-electron chi connectivity index (χ4n) is 4.32. The molecule has 0 N–H and O–H groups in total. The van der Waals surface area contributed by atoms with Crippen molar-refractivity contribution in [1.82, 2.24) is 9.80 Å². The molecule has 5 nitrogen and oxygen atoms in total. The fourth-order valence-corrected chi connectivity index (χ4v) is 4.52. The minimum Gasteiger partial charge on any atom is -0.450 e. The van der Waals surface area contributed by atoms with E-state index in [4.69, 9.17) is 16.0 Å². The molecule has 0 bridgehead atoms. The van der Waals surface area contributed by atoms with Crippen molar-refractivity contribution in [2.24, 2.45) is 0 Å². The predicted molar refractivity (Wildman–Crippen MR) is 124 cm³/mol. The topological polar surface area (TPSA) is 53.8 Å². The maximum Gasteiger partial charge on any atom is 0.290 e. The van der Waals surface area contributed by atoms with Crippen molar-refractivity contribution < 1.29 is 9.21 Å². The minimum atomic E-state index is -0.515. The van der Waals surface area contributed by atoms with Crippen molar-refractivity contribution in [2.75, 3.05) is 26.2 Å². The molecule has 4 rings (SSSR count). The van der Waals surface area contributed by atoms with Crippen molar-refractivity contribution in [2.45, 2.75) is 33.7 Å². The molecule has 1 aliphatic heterocycles. The van der Waals surface area contributed by atoms with E-state index in [1.165, 1.54) is 0 Å². The fraction of sp³-hybridized carbons (Fsp3) is 0.360. The van der Waals surface area contributed by atoms with E-state index in [0.717, 1.165) is 36.3 Å². The number of halogens is 1. The number of hydrogen-bond acceptors (Lipinski definition) is 4. The van der Waals surface area contributed by atoms with Crippen molar-refractivity contribution in [3.05, 3.63) is 79.7 Å². The van der Waals surface area contributed by atoms with Crippen molar-refractivity contribution >= 4 is 28.5 Å². The monoisotopic (exact) mass is 438 g/mol. The Hall–Kier alpha value is -2.63. The summed E-state index contributed by atoms with van der Waals surface area (Å²) in [5, 5.41) is 1.08. The molecule has 1 aromatic heterocycles. The Labute approximate surface area is 187 Å². The first-order valence-corrected chi connectivity index (χ1v) is 11.1. The molecule has 0 radical (unpaired) electrons. The number of carbonyl (C=O) groups is 1. The van der Waals surface area contributed by atoms with Crippen LogP contribution in [0.15, 0.2) is 45.6 Å². The maximum atomic E-state index is 13.6. The highest BCUT2D eigenvalue weighted by Crippen LogP contribution is 2.38. The van der Waals surface area contributed by atoms with Gasteiger partial charge in [0.05, 0.1) is 17.0 Å². The number of likely N-dealkylation sites (N-methyl/N-ethyl adjacent to an activating group) is 1. The molecule has 0 aliphatic carbocycles. The quantitative estimate of drug-likeness (QED) is 0.546. The first-order valence-electron chi connectivity index (χ1n) is 10.7. The molecule has 31 heavy (non-hydrogen) atoms. The highest BCUT2D eigenvalue weighted by Gasteiger charge is 2.42. The lowest BCUT2D eigenvalue weighted by Crippen LogP contribution is -2.37. The molecular formula is C25H27ClN2O3. The third-order valence-electron chi connectivity index (χ3n) is 6.30. The van der Waals surface area contributed by atoms with Gasteiger partial charge in [0.25, 0.3) is 5.91 Å². The number of aryl methyl sites for hydroxylation is 2. The van der Waals surface area contributed by atoms with Crippen LogP contribution in [0.3, 0.4) is 0 Å². The Morgan fingerprint density at radius 3 is 2.45 bits per heavy atom. The van der Waals surface area contributed by atoms with E-state index in [1.54, 1.807) is 11.0 Å². The first-order chi connectivity index (χ1) is 14.8. The van der Waals surface area contributed by atoms with Crippen molar-refractivity contribution in [3.8, 4) is 0 Å². The molecule has 0 fully saturated rings. The summed E-state index contributed by atoms with van der Waals surface area (Å²) in [7, 11) is 0. The number of nitrogens with zero attached hydrogens (tertiary/aromatic N) is 2. The van der Waals surface area contributed by atoms with Gasteiger partial charge in [-0.3, -0.25) is 9.59 Å². The molecular weight excluding hydrogens is 412 g/mol. The zero-order valence-electron chi connectivity index (χ0n) is 18.4. The number of rotatable bonds is 6. The van der Waals surface area contributed by atoms with Gasteiger partial charge in [-0.05, 0) is 67.9 Å². The predicted octanol–water partition coefficient (Wildman–Crippen LogP) is 4.95. The van der Waals surface area contributed by atoms with Crippen LogP contribution in [0.4, 0.5) is 0 Å². The van der Waals surface area contributed by atoms with E-state index in [9.17, 15) is 9.59 Å². The molecule has 2 heterocycles. The lowest BCUT2D eigenvalue weighted by Gasteiger charge is -2.28. The first kappa shape index (κ1) is 21.6.